The van der Waals surface area contributed by atoms with Gasteiger partial charge >= 0.3 is 11.9 Å². The first-order valence-electron chi connectivity index (χ1n) is 15.0. The number of allylic oxidation sites excluding steroid dienone is 1. The topological polar surface area (TPSA) is 52.6 Å². The molecule has 0 bridgehead atoms. The number of carbonyl (C=O) groups is 2. The van der Waals surface area contributed by atoms with Gasteiger partial charge in [-0.2, -0.15) is 0 Å². The van der Waals surface area contributed by atoms with Gasteiger partial charge in [0.1, 0.15) is 6.10 Å². The summed E-state index contributed by atoms with van der Waals surface area (Å²) in [5, 5.41) is 0. The van der Waals surface area contributed by atoms with Crippen LogP contribution in [0.5, 0.6) is 0 Å². The third-order valence-corrected chi connectivity index (χ3v) is 11.3. The molecule has 8 atom stereocenters. The quantitative estimate of drug-likeness (QED) is 0.238. The summed E-state index contributed by atoms with van der Waals surface area (Å²) < 4.78 is 10.5. The molecule has 36 heavy (non-hydrogen) atoms. The normalized spacial score (nSPS) is 38.4. The minimum absolute atomic E-state index is 0.0394. The van der Waals surface area contributed by atoms with Crippen LogP contribution in [0.3, 0.4) is 0 Å². The van der Waals surface area contributed by atoms with Crippen LogP contribution in [-0.4, -0.2) is 25.2 Å². The Labute approximate surface area is 220 Å². The van der Waals surface area contributed by atoms with Gasteiger partial charge < -0.3 is 9.47 Å². The Morgan fingerprint density at radius 1 is 0.972 bits per heavy atom. The number of methoxy groups -OCH3 is 1. The Kier molecular flexibility index (Phi) is 8.62. The Hall–Kier alpha value is -1.32. The largest absolute Gasteiger partial charge is 0.469 e. The van der Waals surface area contributed by atoms with Crippen LogP contribution in [0.25, 0.3) is 0 Å². The van der Waals surface area contributed by atoms with E-state index in [1.807, 2.05) is 0 Å². The molecule has 3 saturated carbocycles. The van der Waals surface area contributed by atoms with Gasteiger partial charge in [0, 0.05) is 6.42 Å². The molecule has 4 rings (SSSR count). The number of hydrogen-bond donors (Lipinski definition) is 0. The van der Waals surface area contributed by atoms with Crippen molar-refractivity contribution >= 4 is 11.9 Å². The number of ether oxygens (including phenoxy) is 2. The Morgan fingerprint density at radius 2 is 1.72 bits per heavy atom. The fourth-order valence-electron chi connectivity index (χ4n) is 9.30. The minimum Gasteiger partial charge on any atom is -0.469 e. The van der Waals surface area contributed by atoms with Gasteiger partial charge in [0.2, 0.25) is 0 Å². The van der Waals surface area contributed by atoms with Crippen molar-refractivity contribution in [2.24, 2.45) is 46.3 Å². The second-order valence-corrected chi connectivity index (χ2v) is 13.7. The van der Waals surface area contributed by atoms with Crippen LogP contribution in [0.2, 0.25) is 0 Å². The molecule has 0 amide bonds. The summed E-state index contributed by atoms with van der Waals surface area (Å²) in [5.74, 6) is 4.42. The van der Waals surface area contributed by atoms with Crippen molar-refractivity contribution in [3.8, 4) is 0 Å². The third kappa shape index (κ3) is 5.44. The third-order valence-electron chi connectivity index (χ3n) is 11.3. The van der Waals surface area contributed by atoms with Gasteiger partial charge in [-0.25, -0.2) is 0 Å². The van der Waals surface area contributed by atoms with Gasteiger partial charge in [0.15, 0.2) is 0 Å². The van der Waals surface area contributed by atoms with E-state index in [4.69, 9.17) is 4.74 Å². The fraction of sp³-hybridized carbons (Fsp3) is 0.875. The van der Waals surface area contributed by atoms with Crippen molar-refractivity contribution in [2.45, 2.75) is 124 Å². The molecular formula is C32H52O4. The summed E-state index contributed by atoms with van der Waals surface area (Å²) in [5.41, 5.74) is 2.33. The molecule has 0 spiro atoms. The second kappa shape index (κ2) is 11.2. The molecule has 4 nitrogen and oxygen atoms in total. The molecule has 0 aliphatic heterocycles. The number of hydrogen-bond acceptors (Lipinski definition) is 4. The standard InChI is InChI=1S/C32H52O4/c1-21(2)8-7-9-22(3)26-12-13-27-25-11-10-23-20-24(36-30(34)15-14-29(33)35-6)16-18-31(23,4)28(25)17-19-32(26,27)5/h10,21-22,24-28H,7-9,11-20H2,1-6H3/t22-,24+,25?,26-,27?,28?,31+,32-/m1/s1. The lowest BCUT2D eigenvalue weighted by Gasteiger charge is -2.58. The average Bonchev–Trinajstić information content (AvgIpc) is 3.19. The molecule has 0 N–H and O–H groups in total. The molecule has 4 aliphatic carbocycles. The second-order valence-electron chi connectivity index (χ2n) is 13.7. The zero-order valence-corrected chi connectivity index (χ0v) is 23.9. The first-order valence-corrected chi connectivity index (χ1v) is 15.0. The van der Waals surface area contributed by atoms with Gasteiger partial charge in [-0.1, -0.05) is 65.5 Å². The number of fused-ring (bicyclic) bond motifs is 5. The lowest BCUT2D eigenvalue weighted by Crippen LogP contribution is -2.51. The van der Waals surface area contributed by atoms with Crippen molar-refractivity contribution in [3.63, 3.8) is 0 Å². The highest BCUT2D eigenvalue weighted by Crippen LogP contribution is 2.67. The Bertz CT molecular complexity index is 830. The highest BCUT2D eigenvalue weighted by Gasteiger charge is 2.59. The van der Waals surface area contributed by atoms with Gasteiger partial charge in [0.25, 0.3) is 0 Å². The summed E-state index contributed by atoms with van der Waals surface area (Å²) in [6.07, 6.45) is 16.7. The first kappa shape index (κ1) is 27.7. The van der Waals surface area contributed by atoms with Crippen molar-refractivity contribution < 1.29 is 19.1 Å². The molecule has 0 aromatic rings. The lowest BCUT2D eigenvalue weighted by atomic mass is 9.47. The minimum atomic E-state index is -0.354. The van der Waals surface area contributed by atoms with E-state index in [0.717, 1.165) is 54.8 Å². The van der Waals surface area contributed by atoms with Gasteiger partial charge in [-0.3, -0.25) is 9.59 Å². The highest BCUT2D eigenvalue weighted by molar-refractivity contribution is 5.77. The number of esters is 2. The van der Waals surface area contributed by atoms with Crippen LogP contribution >= 0.6 is 0 Å². The zero-order valence-electron chi connectivity index (χ0n) is 23.9. The summed E-state index contributed by atoms with van der Waals surface area (Å²) in [6.45, 7) is 12.4. The van der Waals surface area contributed by atoms with E-state index >= 15 is 0 Å². The van der Waals surface area contributed by atoms with Crippen LogP contribution in [-0.2, 0) is 19.1 Å². The zero-order chi connectivity index (χ0) is 26.1. The molecule has 0 heterocycles. The van der Waals surface area contributed by atoms with E-state index in [-0.39, 0.29) is 36.3 Å². The molecule has 0 aromatic heterocycles. The van der Waals surface area contributed by atoms with E-state index in [1.165, 1.54) is 58.5 Å². The summed E-state index contributed by atoms with van der Waals surface area (Å²) >= 11 is 0. The predicted octanol–water partition coefficient (Wildman–Crippen LogP) is 7.89. The van der Waals surface area contributed by atoms with E-state index in [2.05, 4.69) is 45.4 Å². The SMILES string of the molecule is COC(=O)CCC(=O)O[C@H]1CC[C@@]2(C)C(=CCC3C2CC[C@@]2(C)C3CC[C@@H]2[C@H](C)CCCC(C)C)C1. The van der Waals surface area contributed by atoms with Gasteiger partial charge in [-0.05, 0) is 91.3 Å². The Balaban J connectivity index is 1.38. The van der Waals surface area contributed by atoms with Crippen LogP contribution in [0, 0.1) is 46.3 Å². The number of rotatable bonds is 9. The molecular weight excluding hydrogens is 448 g/mol. The molecule has 3 fully saturated rings. The van der Waals surface area contributed by atoms with Crippen molar-refractivity contribution in [3.05, 3.63) is 11.6 Å². The molecule has 0 saturated heterocycles. The van der Waals surface area contributed by atoms with Crippen LogP contribution in [0.4, 0.5) is 0 Å². The molecule has 4 heteroatoms. The summed E-state index contributed by atoms with van der Waals surface area (Å²) in [4.78, 5) is 23.7. The molecule has 0 aromatic carbocycles. The lowest BCUT2D eigenvalue weighted by molar-refractivity contribution is -0.154. The predicted molar refractivity (Wildman–Crippen MR) is 144 cm³/mol. The van der Waals surface area contributed by atoms with Gasteiger partial charge in [0.05, 0.1) is 20.0 Å². The van der Waals surface area contributed by atoms with E-state index in [0.29, 0.717) is 5.41 Å². The maximum atomic E-state index is 12.3. The molecule has 204 valence electrons. The number of carbonyl (C=O) groups excluding carboxylic acids is 2. The maximum absolute atomic E-state index is 12.3. The maximum Gasteiger partial charge on any atom is 0.306 e. The fourth-order valence-corrected chi connectivity index (χ4v) is 9.30. The van der Waals surface area contributed by atoms with E-state index in [9.17, 15) is 9.59 Å². The van der Waals surface area contributed by atoms with Crippen LogP contribution in [0.15, 0.2) is 11.6 Å². The van der Waals surface area contributed by atoms with Crippen LogP contribution < -0.4 is 0 Å². The monoisotopic (exact) mass is 500 g/mol. The smallest absolute Gasteiger partial charge is 0.306 e. The first-order chi connectivity index (χ1) is 17.1. The molecule has 4 aliphatic rings. The van der Waals surface area contributed by atoms with Crippen molar-refractivity contribution in [1.29, 1.82) is 0 Å². The highest BCUT2D eigenvalue weighted by atomic mass is 16.5. The van der Waals surface area contributed by atoms with Crippen molar-refractivity contribution in [2.75, 3.05) is 7.11 Å². The Morgan fingerprint density at radius 3 is 2.44 bits per heavy atom. The molecule has 3 unspecified atom stereocenters. The van der Waals surface area contributed by atoms with Crippen molar-refractivity contribution in [1.82, 2.24) is 0 Å². The summed E-state index contributed by atoms with van der Waals surface area (Å²) in [7, 11) is 1.35. The summed E-state index contributed by atoms with van der Waals surface area (Å²) in [6, 6.07) is 0. The van der Waals surface area contributed by atoms with E-state index in [1.54, 1.807) is 5.57 Å². The molecule has 0 radical (unpaired) electrons. The van der Waals surface area contributed by atoms with E-state index < -0.39 is 0 Å². The van der Waals surface area contributed by atoms with Crippen LogP contribution in [0.1, 0.15) is 118 Å². The average molecular weight is 501 g/mol. The van der Waals surface area contributed by atoms with Gasteiger partial charge in [-0.15, -0.1) is 0 Å².